The first-order valence-corrected chi connectivity index (χ1v) is 12.7. The Balaban J connectivity index is 1.42. The third kappa shape index (κ3) is 7.39. The van der Waals surface area contributed by atoms with Gasteiger partial charge in [-0.3, -0.25) is 14.5 Å². The highest BCUT2D eigenvalue weighted by molar-refractivity contribution is 6.31. The van der Waals surface area contributed by atoms with Crippen molar-refractivity contribution in [3.8, 4) is 17.2 Å². The number of amides is 2. The number of carbonyl (C=O) groups excluding carboxylic acids is 2. The number of halogens is 2. The molecule has 1 atom stereocenters. The summed E-state index contributed by atoms with van der Waals surface area (Å²) in [5.41, 5.74) is 3.84. The minimum absolute atomic E-state index is 0.105. The van der Waals surface area contributed by atoms with E-state index in [2.05, 4.69) is 11.4 Å². The maximum atomic E-state index is 13.5. The summed E-state index contributed by atoms with van der Waals surface area (Å²) in [7, 11) is 0. The summed E-state index contributed by atoms with van der Waals surface area (Å²) in [6, 6.07) is 21.3. The van der Waals surface area contributed by atoms with Gasteiger partial charge < -0.3 is 15.3 Å². The van der Waals surface area contributed by atoms with Crippen molar-refractivity contribution >= 4 is 29.1 Å². The molecular formula is C29H28ClFN4O3. The van der Waals surface area contributed by atoms with Crippen LogP contribution in [-0.4, -0.2) is 65.5 Å². The first-order chi connectivity index (χ1) is 18.3. The van der Waals surface area contributed by atoms with E-state index in [0.717, 1.165) is 16.7 Å². The van der Waals surface area contributed by atoms with Gasteiger partial charge in [-0.1, -0.05) is 48.0 Å². The van der Waals surface area contributed by atoms with Crippen LogP contribution < -0.4 is 5.32 Å². The molecule has 0 saturated carbocycles. The van der Waals surface area contributed by atoms with Gasteiger partial charge in [-0.2, -0.15) is 5.26 Å². The molecule has 4 rings (SSSR count). The molecule has 196 valence electrons. The number of aliphatic hydroxyl groups excluding tert-OH is 1. The molecule has 38 heavy (non-hydrogen) atoms. The normalized spacial score (nSPS) is 15.2. The molecule has 1 aliphatic rings. The molecule has 0 aromatic heterocycles. The molecule has 0 unspecified atom stereocenters. The Kier molecular flexibility index (Phi) is 9.08. The summed E-state index contributed by atoms with van der Waals surface area (Å²) in [5.74, 6) is -1.22. The number of nitrogens with one attached hydrogen (secondary N) is 1. The van der Waals surface area contributed by atoms with Crippen LogP contribution in [-0.2, 0) is 16.0 Å². The molecule has 2 amide bonds. The lowest BCUT2D eigenvalue weighted by molar-refractivity contribution is -0.135. The minimum Gasteiger partial charge on any atom is -0.392 e. The zero-order chi connectivity index (χ0) is 27.1. The van der Waals surface area contributed by atoms with Crippen LogP contribution in [0.4, 0.5) is 10.1 Å². The SMILES string of the molecule is N#Cc1cccc(-c2ccc(CCN(CC(=O)Nc3ccc(F)c(Cl)c3)C(=O)CN3CC[C@@H](O)C3)cc2)c1. The van der Waals surface area contributed by atoms with Crippen LogP contribution in [0.25, 0.3) is 11.1 Å². The zero-order valence-corrected chi connectivity index (χ0v) is 21.5. The molecule has 0 spiro atoms. The van der Waals surface area contributed by atoms with Gasteiger partial charge in [0.15, 0.2) is 0 Å². The average Bonchev–Trinajstić information content (AvgIpc) is 3.33. The second-order valence-electron chi connectivity index (χ2n) is 9.31. The van der Waals surface area contributed by atoms with E-state index in [1.165, 1.54) is 23.1 Å². The lowest BCUT2D eigenvalue weighted by Crippen LogP contribution is -2.44. The van der Waals surface area contributed by atoms with Crippen molar-refractivity contribution in [3.05, 3.63) is 88.7 Å². The summed E-state index contributed by atoms with van der Waals surface area (Å²) in [6.45, 7) is 1.30. The third-order valence-corrected chi connectivity index (χ3v) is 6.74. The molecule has 0 bridgehead atoms. The minimum atomic E-state index is -0.585. The van der Waals surface area contributed by atoms with Crippen LogP contribution in [0.1, 0.15) is 17.5 Å². The molecule has 2 N–H and O–H groups in total. The number of benzene rings is 3. The molecule has 9 heteroatoms. The zero-order valence-electron chi connectivity index (χ0n) is 20.7. The van der Waals surface area contributed by atoms with Gasteiger partial charge in [0.05, 0.1) is 35.8 Å². The van der Waals surface area contributed by atoms with Crippen LogP contribution in [0.3, 0.4) is 0 Å². The van der Waals surface area contributed by atoms with Crippen LogP contribution >= 0.6 is 11.6 Å². The van der Waals surface area contributed by atoms with Crippen LogP contribution in [0.15, 0.2) is 66.7 Å². The number of anilines is 1. The molecule has 3 aromatic carbocycles. The number of likely N-dealkylation sites (tertiary alicyclic amines) is 1. The fraction of sp³-hybridized carbons (Fsp3) is 0.276. The summed E-state index contributed by atoms with van der Waals surface area (Å²) in [4.78, 5) is 29.3. The van der Waals surface area contributed by atoms with E-state index in [0.29, 0.717) is 43.7 Å². The molecule has 3 aromatic rings. The van der Waals surface area contributed by atoms with E-state index < -0.39 is 17.8 Å². The largest absolute Gasteiger partial charge is 0.392 e. The number of β-amino-alcohol motifs (C(OH)–C–C–N with tert-alkyl or cyclic N) is 1. The van der Waals surface area contributed by atoms with E-state index >= 15 is 0 Å². The molecule has 1 heterocycles. The standard InChI is InChI=1S/C29H28ClFN4O3/c30-26-15-24(8-9-27(26)31)33-28(37)18-35(29(38)19-34-12-11-25(36)17-34)13-10-20-4-6-22(7-5-20)23-3-1-2-21(14-23)16-32/h1-9,14-15,25,36H,10-13,17-19H2,(H,33,37)/t25-/m1/s1. The van der Waals surface area contributed by atoms with Crippen molar-refractivity contribution in [1.82, 2.24) is 9.80 Å². The highest BCUT2D eigenvalue weighted by atomic mass is 35.5. The topological polar surface area (TPSA) is 96.7 Å². The summed E-state index contributed by atoms with van der Waals surface area (Å²) < 4.78 is 13.5. The van der Waals surface area contributed by atoms with Crippen LogP contribution in [0.5, 0.6) is 0 Å². The Labute approximate surface area is 226 Å². The molecule has 1 aliphatic heterocycles. The van der Waals surface area contributed by atoms with E-state index in [1.54, 1.807) is 6.07 Å². The van der Waals surface area contributed by atoms with Gasteiger partial charge in [-0.25, -0.2) is 4.39 Å². The quantitative estimate of drug-likeness (QED) is 0.431. The smallest absolute Gasteiger partial charge is 0.243 e. The number of nitrogens with zero attached hydrogens (tertiary/aromatic N) is 3. The van der Waals surface area contributed by atoms with Crippen molar-refractivity contribution in [1.29, 1.82) is 5.26 Å². The average molecular weight is 535 g/mol. The number of hydrogen-bond acceptors (Lipinski definition) is 5. The fourth-order valence-electron chi connectivity index (χ4n) is 4.38. The summed E-state index contributed by atoms with van der Waals surface area (Å²) in [5, 5.41) is 21.5. The lowest BCUT2D eigenvalue weighted by atomic mass is 10.0. The van der Waals surface area contributed by atoms with Crippen LogP contribution in [0, 0.1) is 17.1 Å². The Morgan fingerprint density at radius 3 is 2.61 bits per heavy atom. The monoisotopic (exact) mass is 534 g/mol. The van der Waals surface area contributed by atoms with Gasteiger partial charge in [-0.15, -0.1) is 0 Å². The van der Waals surface area contributed by atoms with E-state index in [9.17, 15) is 19.1 Å². The Morgan fingerprint density at radius 1 is 1.13 bits per heavy atom. The highest BCUT2D eigenvalue weighted by Crippen LogP contribution is 2.22. The molecular weight excluding hydrogens is 507 g/mol. The second-order valence-corrected chi connectivity index (χ2v) is 9.72. The molecule has 0 aliphatic carbocycles. The first-order valence-electron chi connectivity index (χ1n) is 12.3. The Morgan fingerprint density at radius 2 is 1.92 bits per heavy atom. The van der Waals surface area contributed by atoms with Gasteiger partial charge >= 0.3 is 0 Å². The Bertz CT molecular complexity index is 1340. The van der Waals surface area contributed by atoms with E-state index in [4.69, 9.17) is 16.9 Å². The Hall–Kier alpha value is -3.77. The summed E-state index contributed by atoms with van der Waals surface area (Å²) >= 11 is 5.81. The van der Waals surface area contributed by atoms with Crippen molar-refractivity contribution < 1.29 is 19.1 Å². The summed E-state index contributed by atoms with van der Waals surface area (Å²) in [6.07, 6.45) is 0.695. The van der Waals surface area contributed by atoms with E-state index in [1.807, 2.05) is 47.4 Å². The maximum absolute atomic E-state index is 13.5. The van der Waals surface area contributed by atoms with Crippen molar-refractivity contribution in [2.24, 2.45) is 0 Å². The fourth-order valence-corrected chi connectivity index (χ4v) is 4.56. The van der Waals surface area contributed by atoms with E-state index in [-0.39, 0.29) is 24.0 Å². The number of nitriles is 1. The highest BCUT2D eigenvalue weighted by Gasteiger charge is 2.25. The van der Waals surface area contributed by atoms with Gasteiger partial charge in [0.2, 0.25) is 11.8 Å². The van der Waals surface area contributed by atoms with Gasteiger partial charge in [0.25, 0.3) is 0 Å². The van der Waals surface area contributed by atoms with Crippen molar-refractivity contribution in [3.63, 3.8) is 0 Å². The van der Waals surface area contributed by atoms with Crippen molar-refractivity contribution in [2.45, 2.75) is 18.9 Å². The number of aliphatic hydroxyl groups is 1. The van der Waals surface area contributed by atoms with Gasteiger partial charge in [0.1, 0.15) is 5.82 Å². The molecule has 1 fully saturated rings. The number of hydrogen-bond donors (Lipinski definition) is 2. The lowest BCUT2D eigenvalue weighted by Gasteiger charge is -2.25. The molecule has 7 nitrogen and oxygen atoms in total. The van der Waals surface area contributed by atoms with Gasteiger partial charge in [-0.05, 0) is 59.9 Å². The number of rotatable bonds is 9. The maximum Gasteiger partial charge on any atom is 0.243 e. The van der Waals surface area contributed by atoms with Crippen LogP contribution in [0.2, 0.25) is 5.02 Å². The molecule has 0 radical (unpaired) electrons. The second kappa shape index (κ2) is 12.7. The predicted molar refractivity (Wildman–Crippen MR) is 144 cm³/mol. The number of carbonyl (C=O) groups is 2. The van der Waals surface area contributed by atoms with Crippen molar-refractivity contribution in [2.75, 3.05) is 38.0 Å². The molecule has 1 saturated heterocycles. The van der Waals surface area contributed by atoms with Gasteiger partial charge in [0, 0.05) is 25.3 Å². The third-order valence-electron chi connectivity index (χ3n) is 6.45. The predicted octanol–water partition coefficient (Wildman–Crippen LogP) is 4.09. The first kappa shape index (κ1) is 27.3.